The maximum atomic E-state index is 5.49. The van der Waals surface area contributed by atoms with Crippen molar-refractivity contribution in [2.45, 2.75) is 13.8 Å². The minimum atomic E-state index is 0.533. The molecule has 0 aliphatic rings. The fourth-order valence-electron chi connectivity index (χ4n) is 2.56. The fourth-order valence-corrected chi connectivity index (χ4v) is 2.56. The van der Waals surface area contributed by atoms with Gasteiger partial charge in [0.05, 0.1) is 6.26 Å². The lowest BCUT2D eigenvalue weighted by Crippen LogP contribution is -1.99. The van der Waals surface area contributed by atoms with Crippen molar-refractivity contribution in [1.82, 2.24) is 15.0 Å². The van der Waals surface area contributed by atoms with Crippen LogP contribution in [-0.2, 0) is 0 Å². The third-order valence-corrected chi connectivity index (χ3v) is 4.00. The van der Waals surface area contributed by atoms with E-state index in [-0.39, 0.29) is 0 Å². The summed E-state index contributed by atoms with van der Waals surface area (Å²) in [6.45, 7) is 4.12. The first-order chi connectivity index (χ1) is 12.2. The first-order valence-corrected chi connectivity index (χ1v) is 8.13. The Morgan fingerprint density at radius 3 is 1.52 bits per heavy atom. The van der Waals surface area contributed by atoms with Gasteiger partial charge >= 0.3 is 0 Å². The molecule has 0 fully saturated rings. The Labute approximate surface area is 146 Å². The highest BCUT2D eigenvalue weighted by molar-refractivity contribution is 5.64. The van der Waals surface area contributed by atoms with Crippen LogP contribution >= 0.6 is 0 Å². The quantitative estimate of drug-likeness (QED) is 0.526. The predicted molar refractivity (Wildman–Crippen MR) is 97.9 cm³/mol. The minimum absolute atomic E-state index is 0.533. The van der Waals surface area contributed by atoms with Crippen LogP contribution in [0.1, 0.15) is 11.1 Å². The summed E-state index contributed by atoms with van der Waals surface area (Å²) in [7, 11) is 0. The van der Waals surface area contributed by atoms with Gasteiger partial charge in [-0.25, -0.2) is 15.0 Å². The molecule has 2 heterocycles. The lowest BCUT2D eigenvalue weighted by Gasteiger charge is -2.07. The Morgan fingerprint density at radius 1 is 0.600 bits per heavy atom. The van der Waals surface area contributed by atoms with E-state index >= 15 is 0 Å². The van der Waals surface area contributed by atoms with Crippen LogP contribution in [0.2, 0.25) is 0 Å². The molecule has 0 atom stereocenters. The van der Waals surface area contributed by atoms with Crippen molar-refractivity contribution in [3.05, 3.63) is 78.1 Å². The molecule has 2 aromatic carbocycles. The molecule has 4 aromatic rings. The molecule has 0 unspecified atom stereocenters. The summed E-state index contributed by atoms with van der Waals surface area (Å²) in [6, 6.07) is 20.0. The van der Waals surface area contributed by atoms with E-state index in [2.05, 4.69) is 53.1 Å². The Morgan fingerprint density at radius 2 is 1.08 bits per heavy atom. The van der Waals surface area contributed by atoms with Crippen molar-refractivity contribution in [3.8, 4) is 34.4 Å². The van der Waals surface area contributed by atoms with Crippen molar-refractivity contribution in [3.63, 3.8) is 0 Å². The molecule has 122 valence electrons. The number of benzene rings is 2. The van der Waals surface area contributed by atoms with Gasteiger partial charge in [-0.15, -0.1) is 0 Å². The molecule has 0 bridgehead atoms. The van der Waals surface area contributed by atoms with Crippen molar-refractivity contribution in [2.75, 3.05) is 0 Å². The summed E-state index contributed by atoms with van der Waals surface area (Å²) >= 11 is 0. The molecule has 0 aliphatic heterocycles. The smallest absolute Gasteiger partial charge is 0.199 e. The number of hydrogen-bond donors (Lipinski definition) is 0. The van der Waals surface area contributed by atoms with E-state index in [9.17, 15) is 0 Å². The summed E-state index contributed by atoms with van der Waals surface area (Å²) in [6.07, 6.45) is 1.62. The molecule has 0 N–H and O–H groups in total. The Balaban J connectivity index is 1.88. The van der Waals surface area contributed by atoms with Crippen LogP contribution in [0.5, 0.6) is 0 Å². The number of furan rings is 1. The van der Waals surface area contributed by atoms with Crippen LogP contribution in [0.25, 0.3) is 34.4 Å². The molecule has 0 spiro atoms. The van der Waals surface area contributed by atoms with Crippen LogP contribution in [0, 0.1) is 13.8 Å². The van der Waals surface area contributed by atoms with E-state index in [1.54, 1.807) is 6.26 Å². The van der Waals surface area contributed by atoms with E-state index in [4.69, 9.17) is 4.42 Å². The number of rotatable bonds is 3. The number of aromatic nitrogens is 3. The number of hydrogen-bond acceptors (Lipinski definition) is 4. The summed E-state index contributed by atoms with van der Waals surface area (Å²) in [5.41, 5.74) is 4.30. The largest absolute Gasteiger partial charge is 0.461 e. The molecule has 0 saturated heterocycles. The van der Waals surface area contributed by atoms with Crippen molar-refractivity contribution < 1.29 is 4.42 Å². The van der Waals surface area contributed by atoms with Gasteiger partial charge in [0.15, 0.2) is 23.2 Å². The highest BCUT2D eigenvalue weighted by Crippen LogP contribution is 2.25. The van der Waals surface area contributed by atoms with Gasteiger partial charge in [-0.1, -0.05) is 59.7 Å². The van der Waals surface area contributed by atoms with Crippen molar-refractivity contribution in [1.29, 1.82) is 0 Å². The van der Waals surface area contributed by atoms with Gasteiger partial charge < -0.3 is 4.42 Å². The van der Waals surface area contributed by atoms with Crippen LogP contribution in [0.4, 0.5) is 0 Å². The lowest BCUT2D eigenvalue weighted by atomic mass is 10.1. The van der Waals surface area contributed by atoms with Gasteiger partial charge in [0.1, 0.15) is 0 Å². The molecule has 0 saturated carbocycles. The summed E-state index contributed by atoms with van der Waals surface area (Å²) in [5.74, 6) is 2.43. The van der Waals surface area contributed by atoms with Gasteiger partial charge in [0.25, 0.3) is 0 Å². The van der Waals surface area contributed by atoms with Gasteiger partial charge in [-0.2, -0.15) is 0 Å². The zero-order valence-electron chi connectivity index (χ0n) is 14.1. The van der Waals surface area contributed by atoms with Crippen LogP contribution in [-0.4, -0.2) is 15.0 Å². The standard InChI is InChI=1S/C21H17N3O/c1-14-5-9-16(10-6-14)19-22-20(17-11-7-15(2)8-12-17)24-21(23-19)18-4-3-13-25-18/h3-13H,1-2H3. The van der Waals surface area contributed by atoms with E-state index in [0.29, 0.717) is 23.2 Å². The minimum Gasteiger partial charge on any atom is -0.461 e. The Kier molecular flexibility index (Phi) is 3.86. The molecule has 0 amide bonds. The van der Waals surface area contributed by atoms with Crippen LogP contribution in [0.15, 0.2) is 71.3 Å². The van der Waals surface area contributed by atoms with Crippen molar-refractivity contribution >= 4 is 0 Å². The monoisotopic (exact) mass is 327 g/mol. The lowest BCUT2D eigenvalue weighted by molar-refractivity contribution is 0.577. The van der Waals surface area contributed by atoms with Crippen LogP contribution < -0.4 is 0 Å². The molecule has 4 rings (SSSR count). The maximum absolute atomic E-state index is 5.49. The van der Waals surface area contributed by atoms with E-state index < -0.39 is 0 Å². The highest BCUT2D eigenvalue weighted by Gasteiger charge is 2.13. The van der Waals surface area contributed by atoms with Crippen LogP contribution in [0.3, 0.4) is 0 Å². The molecule has 4 nitrogen and oxygen atoms in total. The van der Waals surface area contributed by atoms with Gasteiger partial charge in [0.2, 0.25) is 0 Å². The van der Waals surface area contributed by atoms with Gasteiger partial charge in [-0.05, 0) is 26.0 Å². The fraction of sp³-hybridized carbons (Fsp3) is 0.0952. The molecule has 0 aliphatic carbocycles. The predicted octanol–water partition coefficient (Wildman–Crippen LogP) is 5.08. The SMILES string of the molecule is Cc1ccc(-c2nc(-c3ccc(C)cc3)nc(-c3ccco3)n2)cc1. The number of aryl methyl sites for hydroxylation is 2. The van der Waals surface area contributed by atoms with Gasteiger partial charge in [0, 0.05) is 11.1 Å². The second-order valence-electron chi connectivity index (χ2n) is 6.02. The Hall–Kier alpha value is -3.27. The van der Waals surface area contributed by atoms with Gasteiger partial charge in [-0.3, -0.25) is 0 Å². The zero-order chi connectivity index (χ0) is 17.2. The molecule has 4 heteroatoms. The first-order valence-electron chi connectivity index (χ1n) is 8.13. The third-order valence-electron chi connectivity index (χ3n) is 4.00. The van der Waals surface area contributed by atoms with E-state index in [1.165, 1.54) is 11.1 Å². The van der Waals surface area contributed by atoms with E-state index in [1.807, 2.05) is 36.4 Å². The summed E-state index contributed by atoms with van der Waals surface area (Å²) in [4.78, 5) is 13.9. The van der Waals surface area contributed by atoms with E-state index in [0.717, 1.165) is 11.1 Å². The first kappa shape index (κ1) is 15.3. The normalized spacial score (nSPS) is 10.8. The molecular formula is C21H17N3O. The maximum Gasteiger partial charge on any atom is 0.199 e. The Bertz CT molecular complexity index is 925. The molecule has 25 heavy (non-hydrogen) atoms. The van der Waals surface area contributed by atoms with Crippen molar-refractivity contribution in [2.24, 2.45) is 0 Å². The zero-order valence-corrected chi connectivity index (χ0v) is 14.1. The second-order valence-corrected chi connectivity index (χ2v) is 6.02. The molecular weight excluding hydrogens is 310 g/mol. The third kappa shape index (κ3) is 3.19. The highest BCUT2D eigenvalue weighted by atomic mass is 16.3. The average Bonchev–Trinajstić information content (AvgIpc) is 3.17. The second kappa shape index (κ2) is 6.32. The summed E-state index contributed by atoms with van der Waals surface area (Å²) < 4.78 is 5.49. The summed E-state index contributed by atoms with van der Waals surface area (Å²) in [5, 5.41) is 0. The topological polar surface area (TPSA) is 51.8 Å². The molecule has 0 radical (unpaired) electrons. The number of nitrogens with zero attached hydrogens (tertiary/aromatic N) is 3. The molecule has 2 aromatic heterocycles. The average molecular weight is 327 g/mol.